The molecule has 0 saturated heterocycles. The zero-order valence-electron chi connectivity index (χ0n) is 12.4. The predicted octanol–water partition coefficient (Wildman–Crippen LogP) is 2.76. The summed E-state index contributed by atoms with van der Waals surface area (Å²) in [6.07, 6.45) is 3.11. The fourth-order valence-corrected chi connectivity index (χ4v) is 1.89. The van der Waals surface area contributed by atoms with E-state index in [2.05, 4.69) is 10.6 Å². The van der Waals surface area contributed by atoms with Gasteiger partial charge in [0.15, 0.2) is 0 Å². The smallest absolute Gasteiger partial charge is 0.244 e. The van der Waals surface area contributed by atoms with Crippen LogP contribution < -0.4 is 10.6 Å². The molecular formula is C18H18N2O2. The molecule has 2 aromatic carbocycles. The number of carbonyl (C=O) groups excluding carboxylic acids is 2. The van der Waals surface area contributed by atoms with Crippen LogP contribution in [0.5, 0.6) is 0 Å². The Morgan fingerprint density at radius 2 is 1.82 bits per heavy atom. The van der Waals surface area contributed by atoms with Crippen molar-refractivity contribution in [1.29, 1.82) is 0 Å². The van der Waals surface area contributed by atoms with E-state index in [0.717, 1.165) is 16.8 Å². The van der Waals surface area contributed by atoms with Crippen molar-refractivity contribution in [1.82, 2.24) is 5.32 Å². The number of amides is 2. The van der Waals surface area contributed by atoms with E-state index in [1.807, 2.05) is 61.5 Å². The molecule has 0 heterocycles. The van der Waals surface area contributed by atoms with E-state index in [0.29, 0.717) is 0 Å². The molecule has 4 nitrogen and oxygen atoms in total. The van der Waals surface area contributed by atoms with Gasteiger partial charge in [-0.2, -0.15) is 0 Å². The summed E-state index contributed by atoms with van der Waals surface area (Å²) in [5.74, 6) is -0.560. The fourth-order valence-electron chi connectivity index (χ4n) is 1.89. The predicted molar refractivity (Wildman–Crippen MR) is 88.3 cm³/mol. The first-order valence-electron chi connectivity index (χ1n) is 7.01. The van der Waals surface area contributed by atoms with Crippen molar-refractivity contribution >= 4 is 23.6 Å². The molecule has 2 rings (SSSR count). The molecule has 0 aliphatic heterocycles. The van der Waals surface area contributed by atoms with Crippen LogP contribution in [0.3, 0.4) is 0 Å². The Balaban J connectivity index is 1.78. The lowest BCUT2D eigenvalue weighted by atomic mass is 10.2. The Kier molecular flexibility index (Phi) is 5.49. The molecule has 0 atom stereocenters. The van der Waals surface area contributed by atoms with Gasteiger partial charge >= 0.3 is 0 Å². The Labute approximate surface area is 129 Å². The van der Waals surface area contributed by atoms with E-state index < -0.39 is 0 Å². The van der Waals surface area contributed by atoms with Crippen molar-refractivity contribution in [3.63, 3.8) is 0 Å². The third kappa shape index (κ3) is 5.25. The second-order valence-electron chi connectivity index (χ2n) is 4.88. The summed E-state index contributed by atoms with van der Waals surface area (Å²) in [6, 6.07) is 17.0. The Morgan fingerprint density at radius 3 is 2.55 bits per heavy atom. The number of carbonyl (C=O) groups is 2. The number of rotatable bonds is 5. The number of aryl methyl sites for hydroxylation is 1. The van der Waals surface area contributed by atoms with E-state index in [1.165, 1.54) is 6.08 Å². The molecule has 0 radical (unpaired) electrons. The van der Waals surface area contributed by atoms with Crippen molar-refractivity contribution in [2.24, 2.45) is 0 Å². The van der Waals surface area contributed by atoms with Gasteiger partial charge in [0.25, 0.3) is 0 Å². The molecule has 0 fully saturated rings. The number of hydrogen-bond acceptors (Lipinski definition) is 2. The van der Waals surface area contributed by atoms with Crippen molar-refractivity contribution < 1.29 is 9.59 Å². The molecule has 0 spiro atoms. The third-order valence-corrected chi connectivity index (χ3v) is 2.95. The topological polar surface area (TPSA) is 58.2 Å². The molecule has 0 aliphatic rings. The van der Waals surface area contributed by atoms with E-state index in [9.17, 15) is 9.59 Å². The van der Waals surface area contributed by atoms with Crippen molar-refractivity contribution in [3.8, 4) is 0 Å². The van der Waals surface area contributed by atoms with Crippen molar-refractivity contribution in [2.75, 3.05) is 11.9 Å². The van der Waals surface area contributed by atoms with Gasteiger partial charge in [-0.25, -0.2) is 0 Å². The third-order valence-electron chi connectivity index (χ3n) is 2.95. The summed E-state index contributed by atoms with van der Waals surface area (Å²) < 4.78 is 0. The van der Waals surface area contributed by atoms with Crippen LogP contribution in [0.2, 0.25) is 0 Å². The standard InChI is InChI=1S/C18H18N2O2/c1-14-6-5-9-16(12-14)20-18(22)13-19-17(21)11-10-15-7-3-2-4-8-15/h2-12H,13H2,1H3,(H,19,21)(H,20,22)/b11-10+. The van der Waals surface area contributed by atoms with E-state index in [4.69, 9.17) is 0 Å². The van der Waals surface area contributed by atoms with Crippen LogP contribution in [0, 0.1) is 6.92 Å². The first-order chi connectivity index (χ1) is 10.6. The highest BCUT2D eigenvalue weighted by Crippen LogP contribution is 2.08. The molecule has 22 heavy (non-hydrogen) atoms. The van der Waals surface area contributed by atoms with Gasteiger partial charge in [0.2, 0.25) is 11.8 Å². The van der Waals surface area contributed by atoms with Gasteiger partial charge < -0.3 is 10.6 Å². The SMILES string of the molecule is Cc1cccc(NC(=O)CNC(=O)/C=C/c2ccccc2)c1. The fraction of sp³-hybridized carbons (Fsp3) is 0.111. The lowest BCUT2D eigenvalue weighted by Crippen LogP contribution is -2.31. The number of hydrogen-bond donors (Lipinski definition) is 2. The Bertz CT molecular complexity index is 678. The quantitative estimate of drug-likeness (QED) is 0.833. The van der Waals surface area contributed by atoms with Crippen LogP contribution >= 0.6 is 0 Å². The van der Waals surface area contributed by atoms with E-state index in [1.54, 1.807) is 6.08 Å². The normalized spacial score (nSPS) is 10.4. The lowest BCUT2D eigenvalue weighted by Gasteiger charge is -2.06. The van der Waals surface area contributed by atoms with Gasteiger partial charge in [0.05, 0.1) is 6.54 Å². The van der Waals surface area contributed by atoms with Crippen LogP contribution in [-0.4, -0.2) is 18.4 Å². The highest BCUT2D eigenvalue weighted by atomic mass is 16.2. The minimum absolute atomic E-state index is 0.0636. The molecule has 4 heteroatoms. The van der Waals surface area contributed by atoms with Crippen molar-refractivity contribution in [2.45, 2.75) is 6.92 Å². The Hall–Kier alpha value is -2.88. The van der Waals surface area contributed by atoms with Gasteiger partial charge in [0, 0.05) is 11.8 Å². The zero-order valence-corrected chi connectivity index (χ0v) is 12.4. The van der Waals surface area contributed by atoms with Crippen LogP contribution in [0.15, 0.2) is 60.7 Å². The molecule has 2 aromatic rings. The molecule has 0 unspecified atom stereocenters. The van der Waals surface area contributed by atoms with E-state index >= 15 is 0 Å². The summed E-state index contributed by atoms with van der Waals surface area (Å²) in [4.78, 5) is 23.4. The van der Waals surface area contributed by atoms with Gasteiger partial charge in [-0.05, 0) is 36.3 Å². The average molecular weight is 294 g/mol. The monoisotopic (exact) mass is 294 g/mol. The van der Waals surface area contributed by atoms with E-state index in [-0.39, 0.29) is 18.4 Å². The van der Waals surface area contributed by atoms with Gasteiger partial charge in [-0.15, -0.1) is 0 Å². The highest BCUT2D eigenvalue weighted by Gasteiger charge is 2.03. The molecule has 0 bridgehead atoms. The molecule has 0 saturated carbocycles. The average Bonchev–Trinajstić information content (AvgIpc) is 2.52. The largest absolute Gasteiger partial charge is 0.343 e. The Morgan fingerprint density at radius 1 is 1.05 bits per heavy atom. The van der Waals surface area contributed by atoms with Crippen LogP contribution in [0.4, 0.5) is 5.69 Å². The van der Waals surface area contributed by atoms with Crippen LogP contribution in [0.25, 0.3) is 6.08 Å². The molecule has 112 valence electrons. The maximum absolute atomic E-state index is 11.8. The number of nitrogens with one attached hydrogen (secondary N) is 2. The molecule has 2 N–H and O–H groups in total. The molecule has 0 aliphatic carbocycles. The van der Waals surface area contributed by atoms with Crippen LogP contribution in [-0.2, 0) is 9.59 Å². The molecular weight excluding hydrogens is 276 g/mol. The number of anilines is 1. The summed E-state index contributed by atoms with van der Waals surface area (Å²) in [7, 11) is 0. The minimum Gasteiger partial charge on any atom is -0.343 e. The highest BCUT2D eigenvalue weighted by molar-refractivity contribution is 5.97. The maximum atomic E-state index is 11.8. The zero-order chi connectivity index (χ0) is 15.8. The van der Waals surface area contributed by atoms with Gasteiger partial charge in [-0.1, -0.05) is 42.5 Å². The maximum Gasteiger partial charge on any atom is 0.244 e. The molecule has 2 amide bonds. The lowest BCUT2D eigenvalue weighted by molar-refractivity contribution is -0.121. The first kappa shape index (κ1) is 15.5. The summed E-state index contributed by atoms with van der Waals surface area (Å²) >= 11 is 0. The van der Waals surface area contributed by atoms with Gasteiger partial charge in [-0.3, -0.25) is 9.59 Å². The summed E-state index contributed by atoms with van der Waals surface area (Å²) in [5.41, 5.74) is 2.72. The van der Waals surface area contributed by atoms with Crippen molar-refractivity contribution in [3.05, 3.63) is 71.8 Å². The molecule has 0 aromatic heterocycles. The first-order valence-corrected chi connectivity index (χ1v) is 7.01. The second kappa shape index (κ2) is 7.78. The summed E-state index contributed by atoms with van der Waals surface area (Å²) in [5, 5.41) is 5.28. The van der Waals surface area contributed by atoms with Gasteiger partial charge in [0.1, 0.15) is 0 Å². The summed E-state index contributed by atoms with van der Waals surface area (Å²) in [6.45, 7) is 1.89. The van der Waals surface area contributed by atoms with Crippen LogP contribution in [0.1, 0.15) is 11.1 Å². The second-order valence-corrected chi connectivity index (χ2v) is 4.88. The minimum atomic E-state index is -0.303. The number of benzene rings is 2.